The number of rotatable bonds is 7. The first kappa shape index (κ1) is 22.9. The van der Waals surface area contributed by atoms with E-state index < -0.39 is 0 Å². The Kier molecular flexibility index (Phi) is 6.29. The molecule has 2 aromatic carbocycles. The maximum absolute atomic E-state index is 12.2. The molecule has 184 valence electrons. The first-order valence-electron chi connectivity index (χ1n) is 12.7. The molecule has 0 radical (unpaired) electrons. The van der Waals surface area contributed by atoms with Crippen molar-refractivity contribution in [2.75, 3.05) is 48.3 Å². The molecular weight excluding hydrogens is 468 g/mol. The van der Waals surface area contributed by atoms with Gasteiger partial charge < -0.3 is 20.4 Å². The Labute approximate surface area is 215 Å². The molecule has 0 spiro atoms. The van der Waals surface area contributed by atoms with E-state index in [0.717, 1.165) is 78.3 Å². The van der Waals surface area contributed by atoms with Crippen molar-refractivity contribution in [1.82, 2.24) is 14.9 Å². The minimum absolute atomic E-state index is 0.116. The topological polar surface area (TPSA) is 73.4 Å². The number of hydrogen-bond acceptors (Lipinski definition) is 7. The number of likely N-dealkylation sites (N-methyl/N-ethyl adjacent to an activating group) is 1. The van der Waals surface area contributed by atoms with Gasteiger partial charge in [-0.05, 0) is 61.3 Å². The smallest absolute Gasteiger partial charge is 0.227 e. The Morgan fingerprint density at radius 1 is 1.06 bits per heavy atom. The zero-order valence-electron chi connectivity index (χ0n) is 20.4. The van der Waals surface area contributed by atoms with Crippen molar-refractivity contribution in [3.63, 3.8) is 0 Å². The average Bonchev–Trinajstić information content (AvgIpc) is 3.69. The quantitative estimate of drug-likeness (QED) is 0.346. The van der Waals surface area contributed by atoms with Gasteiger partial charge in [-0.1, -0.05) is 19.1 Å². The van der Waals surface area contributed by atoms with Gasteiger partial charge in [0.05, 0.1) is 16.4 Å². The van der Waals surface area contributed by atoms with E-state index in [0.29, 0.717) is 5.95 Å². The van der Waals surface area contributed by atoms with E-state index in [9.17, 15) is 4.79 Å². The second-order valence-electron chi connectivity index (χ2n) is 9.49. The summed E-state index contributed by atoms with van der Waals surface area (Å²) >= 11 is 1.63. The number of benzene rings is 2. The number of anilines is 4. The molecule has 1 aliphatic heterocycles. The molecule has 36 heavy (non-hydrogen) atoms. The molecule has 2 N–H and O–H groups in total. The third-order valence-electron chi connectivity index (χ3n) is 7.01. The second-order valence-corrected chi connectivity index (χ2v) is 10.4. The summed E-state index contributed by atoms with van der Waals surface area (Å²) in [6.45, 7) is 7.70. The Balaban J connectivity index is 1.18. The van der Waals surface area contributed by atoms with E-state index in [1.54, 1.807) is 11.3 Å². The molecule has 3 heterocycles. The lowest BCUT2D eigenvalue weighted by atomic mass is 10.1. The highest BCUT2D eigenvalue weighted by atomic mass is 32.1. The van der Waals surface area contributed by atoms with Crippen molar-refractivity contribution >= 4 is 50.5 Å². The van der Waals surface area contributed by atoms with Gasteiger partial charge in [0, 0.05) is 60.1 Å². The molecule has 2 aromatic heterocycles. The van der Waals surface area contributed by atoms with Gasteiger partial charge in [-0.25, -0.2) is 9.97 Å². The van der Waals surface area contributed by atoms with Crippen molar-refractivity contribution in [1.29, 1.82) is 0 Å². The monoisotopic (exact) mass is 498 g/mol. The van der Waals surface area contributed by atoms with E-state index in [1.807, 2.05) is 24.4 Å². The molecule has 0 atom stereocenters. The van der Waals surface area contributed by atoms with Crippen LogP contribution in [0.1, 0.15) is 19.8 Å². The van der Waals surface area contributed by atoms with Crippen LogP contribution in [0, 0.1) is 5.92 Å². The van der Waals surface area contributed by atoms with Crippen LogP contribution in [-0.4, -0.2) is 53.5 Å². The number of amides is 1. The lowest BCUT2D eigenvalue weighted by Crippen LogP contribution is -2.46. The summed E-state index contributed by atoms with van der Waals surface area (Å²) in [7, 11) is 0. The molecular formula is C28H30N6OS. The van der Waals surface area contributed by atoms with Gasteiger partial charge in [-0.15, -0.1) is 11.3 Å². The normalized spacial score (nSPS) is 16.3. The van der Waals surface area contributed by atoms with Crippen molar-refractivity contribution in [2.24, 2.45) is 5.92 Å². The Bertz CT molecular complexity index is 1370. The van der Waals surface area contributed by atoms with Gasteiger partial charge in [0.15, 0.2) is 0 Å². The lowest BCUT2D eigenvalue weighted by molar-refractivity contribution is -0.117. The molecule has 8 heteroatoms. The molecule has 1 saturated carbocycles. The molecule has 1 aliphatic carbocycles. The Hall–Kier alpha value is -3.49. The standard InChI is InChI=1S/C28H30N6OS/c1-2-33-12-14-34(15-13-33)23-10-8-21(9-11-23)31-28-29-17-25-26(32-28)24(18-36-25)20-4-3-5-22(16-20)30-27(35)19-6-7-19/h3-5,8-11,16-19H,2,6-7,12-15H2,1H3,(H,30,35)(H,29,31,32). The van der Waals surface area contributed by atoms with Crippen molar-refractivity contribution in [3.05, 3.63) is 60.1 Å². The van der Waals surface area contributed by atoms with Gasteiger partial charge >= 0.3 is 0 Å². The molecule has 2 aliphatic rings. The molecule has 6 rings (SSSR count). The third-order valence-corrected chi connectivity index (χ3v) is 7.92. The molecule has 1 amide bonds. The fraction of sp³-hybridized carbons (Fsp3) is 0.321. The number of fused-ring (bicyclic) bond motifs is 1. The lowest BCUT2D eigenvalue weighted by Gasteiger charge is -2.35. The predicted molar refractivity (Wildman–Crippen MR) is 148 cm³/mol. The molecule has 0 unspecified atom stereocenters. The Morgan fingerprint density at radius 2 is 1.86 bits per heavy atom. The number of carbonyl (C=O) groups excluding carboxylic acids is 1. The highest BCUT2D eigenvalue weighted by molar-refractivity contribution is 7.17. The molecule has 7 nitrogen and oxygen atoms in total. The predicted octanol–water partition coefficient (Wildman–Crippen LogP) is 5.59. The number of piperazine rings is 1. The maximum Gasteiger partial charge on any atom is 0.227 e. The fourth-order valence-electron chi connectivity index (χ4n) is 4.65. The van der Waals surface area contributed by atoms with Gasteiger partial charge in [-0.3, -0.25) is 4.79 Å². The van der Waals surface area contributed by atoms with Crippen LogP contribution in [0.2, 0.25) is 0 Å². The summed E-state index contributed by atoms with van der Waals surface area (Å²) in [5, 5.41) is 8.52. The Morgan fingerprint density at radius 3 is 2.61 bits per heavy atom. The van der Waals surface area contributed by atoms with Crippen LogP contribution in [0.3, 0.4) is 0 Å². The van der Waals surface area contributed by atoms with Crippen molar-refractivity contribution in [3.8, 4) is 11.1 Å². The molecule has 4 aromatic rings. The number of thiophene rings is 1. The number of nitrogens with zero attached hydrogens (tertiary/aromatic N) is 4. The maximum atomic E-state index is 12.2. The highest BCUT2D eigenvalue weighted by Gasteiger charge is 2.29. The zero-order valence-corrected chi connectivity index (χ0v) is 21.2. The largest absolute Gasteiger partial charge is 0.369 e. The van der Waals surface area contributed by atoms with E-state index in [2.05, 4.69) is 68.1 Å². The van der Waals surface area contributed by atoms with Gasteiger partial charge in [0.2, 0.25) is 11.9 Å². The minimum atomic E-state index is 0.116. The molecule has 0 bridgehead atoms. The van der Waals surface area contributed by atoms with Crippen LogP contribution >= 0.6 is 11.3 Å². The van der Waals surface area contributed by atoms with Crippen LogP contribution in [-0.2, 0) is 4.79 Å². The van der Waals surface area contributed by atoms with Crippen LogP contribution in [0.5, 0.6) is 0 Å². The van der Waals surface area contributed by atoms with Crippen LogP contribution in [0.15, 0.2) is 60.1 Å². The first-order chi connectivity index (χ1) is 17.7. The second kappa shape index (κ2) is 9.87. The number of nitrogens with one attached hydrogen (secondary N) is 2. The summed E-state index contributed by atoms with van der Waals surface area (Å²) in [5.41, 5.74) is 6.03. The number of hydrogen-bond donors (Lipinski definition) is 2. The minimum Gasteiger partial charge on any atom is -0.369 e. The van der Waals surface area contributed by atoms with Crippen molar-refractivity contribution in [2.45, 2.75) is 19.8 Å². The first-order valence-corrected chi connectivity index (χ1v) is 13.5. The van der Waals surface area contributed by atoms with Crippen LogP contribution in [0.4, 0.5) is 23.0 Å². The van der Waals surface area contributed by atoms with Crippen LogP contribution < -0.4 is 15.5 Å². The molecule has 1 saturated heterocycles. The number of aromatic nitrogens is 2. The van der Waals surface area contributed by atoms with E-state index >= 15 is 0 Å². The zero-order chi connectivity index (χ0) is 24.5. The highest BCUT2D eigenvalue weighted by Crippen LogP contribution is 2.35. The fourth-order valence-corrected chi connectivity index (χ4v) is 5.53. The van der Waals surface area contributed by atoms with E-state index in [4.69, 9.17) is 4.98 Å². The SMILES string of the molecule is CCN1CCN(c2ccc(Nc3ncc4scc(-c5cccc(NC(=O)C6CC6)c5)c4n3)cc2)CC1. The van der Waals surface area contributed by atoms with E-state index in [-0.39, 0.29) is 11.8 Å². The average molecular weight is 499 g/mol. The molecule has 2 fully saturated rings. The third kappa shape index (κ3) is 4.92. The van der Waals surface area contributed by atoms with E-state index in [1.165, 1.54) is 5.69 Å². The van der Waals surface area contributed by atoms with Crippen LogP contribution in [0.25, 0.3) is 21.3 Å². The van der Waals surface area contributed by atoms with Gasteiger partial charge in [0.25, 0.3) is 0 Å². The summed E-state index contributed by atoms with van der Waals surface area (Å²) in [4.78, 5) is 26.5. The summed E-state index contributed by atoms with van der Waals surface area (Å²) in [6, 6.07) is 16.5. The van der Waals surface area contributed by atoms with Crippen molar-refractivity contribution < 1.29 is 4.79 Å². The number of carbonyl (C=O) groups is 1. The van der Waals surface area contributed by atoms with Gasteiger partial charge in [-0.2, -0.15) is 0 Å². The summed E-state index contributed by atoms with van der Waals surface area (Å²) in [5.74, 6) is 0.868. The van der Waals surface area contributed by atoms with Gasteiger partial charge in [0.1, 0.15) is 0 Å². The summed E-state index contributed by atoms with van der Waals surface area (Å²) < 4.78 is 1.03. The summed E-state index contributed by atoms with van der Waals surface area (Å²) in [6.07, 6.45) is 3.86.